The van der Waals surface area contributed by atoms with Crippen LogP contribution in [0.1, 0.15) is 35.3 Å². The number of amides is 1. The van der Waals surface area contributed by atoms with Crippen LogP contribution in [0.5, 0.6) is 0 Å². The van der Waals surface area contributed by atoms with Gasteiger partial charge in [0.25, 0.3) is 11.6 Å². The molecule has 2 aromatic rings. The van der Waals surface area contributed by atoms with Gasteiger partial charge in [-0.15, -0.1) is 0 Å². The Hall–Kier alpha value is -1.95. The molecule has 2 aromatic heterocycles. The fraction of sp³-hybridized carbons (Fsp3) is 0.500. The zero-order valence-corrected chi connectivity index (χ0v) is 11.8. The second-order valence-corrected chi connectivity index (χ2v) is 4.86. The van der Waals surface area contributed by atoms with Crippen LogP contribution < -0.4 is 0 Å². The van der Waals surface area contributed by atoms with Gasteiger partial charge in [-0.1, -0.05) is 5.16 Å². The minimum Gasteiger partial charge on any atom is -0.396 e. The van der Waals surface area contributed by atoms with Crippen molar-refractivity contribution in [1.29, 1.82) is 0 Å². The van der Waals surface area contributed by atoms with E-state index in [0.29, 0.717) is 17.8 Å². The zero-order valence-electron chi connectivity index (χ0n) is 11.8. The van der Waals surface area contributed by atoms with Crippen molar-refractivity contribution in [2.45, 2.75) is 26.2 Å². The molecular formula is C14H19N3O3. The maximum atomic E-state index is 12.3. The molecule has 6 nitrogen and oxygen atoms in total. The number of aromatic nitrogens is 2. The molecule has 108 valence electrons. The van der Waals surface area contributed by atoms with E-state index in [0.717, 1.165) is 30.3 Å². The molecule has 20 heavy (non-hydrogen) atoms. The first kappa shape index (κ1) is 14.5. The molecule has 0 atom stereocenters. The summed E-state index contributed by atoms with van der Waals surface area (Å²) in [5, 5.41) is 13.3. The van der Waals surface area contributed by atoms with E-state index in [1.54, 1.807) is 18.0 Å². The fourth-order valence-corrected chi connectivity index (χ4v) is 2.02. The Bertz CT molecular complexity index is 594. The van der Waals surface area contributed by atoms with Crippen molar-refractivity contribution in [2.75, 3.05) is 20.2 Å². The van der Waals surface area contributed by atoms with Crippen LogP contribution in [-0.4, -0.2) is 46.3 Å². The van der Waals surface area contributed by atoms with Crippen molar-refractivity contribution in [3.05, 3.63) is 23.5 Å². The molecule has 2 rings (SSSR count). The van der Waals surface area contributed by atoms with E-state index < -0.39 is 0 Å². The minimum absolute atomic E-state index is 0.0657. The van der Waals surface area contributed by atoms with Crippen molar-refractivity contribution in [3.63, 3.8) is 0 Å². The molecule has 0 unspecified atom stereocenters. The molecule has 0 spiro atoms. The van der Waals surface area contributed by atoms with Crippen LogP contribution in [-0.2, 0) is 0 Å². The summed E-state index contributed by atoms with van der Waals surface area (Å²) >= 11 is 0. The van der Waals surface area contributed by atoms with E-state index in [1.807, 2.05) is 6.92 Å². The number of nitrogens with zero attached hydrogens (tertiary/aromatic N) is 3. The van der Waals surface area contributed by atoms with Crippen LogP contribution in [0.15, 0.2) is 16.8 Å². The third-order valence-corrected chi connectivity index (χ3v) is 3.26. The second-order valence-electron chi connectivity index (χ2n) is 4.86. The number of hydrogen-bond acceptors (Lipinski definition) is 5. The van der Waals surface area contributed by atoms with Crippen molar-refractivity contribution < 1.29 is 14.4 Å². The summed E-state index contributed by atoms with van der Waals surface area (Å²) in [5.41, 5.74) is 1.71. The highest BCUT2D eigenvalue weighted by molar-refractivity contribution is 5.96. The van der Waals surface area contributed by atoms with Crippen LogP contribution in [0.4, 0.5) is 0 Å². The highest BCUT2D eigenvalue weighted by atomic mass is 16.5. The smallest absolute Gasteiger partial charge is 0.257 e. The first-order valence-electron chi connectivity index (χ1n) is 6.72. The van der Waals surface area contributed by atoms with Crippen LogP contribution in [0.25, 0.3) is 11.1 Å². The number of unbranched alkanes of at least 4 members (excludes halogenated alkanes) is 2. The minimum atomic E-state index is -0.0657. The number of hydrogen-bond donors (Lipinski definition) is 1. The number of aliphatic hydroxyl groups is 1. The van der Waals surface area contributed by atoms with Gasteiger partial charge >= 0.3 is 0 Å². The molecule has 1 N–H and O–H groups in total. The first-order valence-corrected chi connectivity index (χ1v) is 6.72. The van der Waals surface area contributed by atoms with Gasteiger partial charge in [0.2, 0.25) is 0 Å². The van der Waals surface area contributed by atoms with Crippen LogP contribution >= 0.6 is 0 Å². The lowest BCUT2D eigenvalue weighted by atomic mass is 10.2. The highest BCUT2D eigenvalue weighted by Crippen LogP contribution is 2.17. The molecule has 0 saturated heterocycles. The topological polar surface area (TPSA) is 79.5 Å². The molecule has 1 amide bonds. The Morgan fingerprint density at radius 2 is 2.20 bits per heavy atom. The second kappa shape index (κ2) is 6.47. The number of aliphatic hydroxyl groups excluding tert-OH is 1. The third-order valence-electron chi connectivity index (χ3n) is 3.26. The summed E-state index contributed by atoms with van der Waals surface area (Å²) in [5.74, 6) is -0.0657. The summed E-state index contributed by atoms with van der Waals surface area (Å²) in [7, 11) is 1.77. The Morgan fingerprint density at radius 1 is 1.40 bits per heavy atom. The van der Waals surface area contributed by atoms with Gasteiger partial charge in [0.1, 0.15) is 0 Å². The van der Waals surface area contributed by atoms with Gasteiger partial charge in [-0.25, -0.2) is 4.98 Å². The predicted octanol–water partition coefficient (Wildman–Crippen LogP) is 1.77. The van der Waals surface area contributed by atoms with Gasteiger partial charge in [0, 0.05) is 26.4 Å². The van der Waals surface area contributed by atoms with Gasteiger partial charge < -0.3 is 14.5 Å². The summed E-state index contributed by atoms with van der Waals surface area (Å²) in [4.78, 5) is 18.0. The van der Waals surface area contributed by atoms with Crippen molar-refractivity contribution in [1.82, 2.24) is 15.0 Å². The first-order chi connectivity index (χ1) is 9.63. The van der Waals surface area contributed by atoms with Crippen molar-refractivity contribution >= 4 is 17.0 Å². The fourth-order valence-electron chi connectivity index (χ4n) is 2.02. The predicted molar refractivity (Wildman–Crippen MR) is 74.4 cm³/mol. The molecule has 0 aromatic carbocycles. The van der Waals surface area contributed by atoms with Gasteiger partial charge in [0.15, 0.2) is 0 Å². The van der Waals surface area contributed by atoms with E-state index in [4.69, 9.17) is 9.63 Å². The molecule has 0 radical (unpaired) electrons. The lowest BCUT2D eigenvalue weighted by molar-refractivity contribution is 0.0792. The molecule has 0 aliphatic rings. The molecule has 0 aliphatic heterocycles. The lowest BCUT2D eigenvalue weighted by Gasteiger charge is -2.16. The number of carbonyl (C=O) groups is 1. The summed E-state index contributed by atoms with van der Waals surface area (Å²) in [6.07, 6.45) is 4.08. The van der Waals surface area contributed by atoms with Crippen molar-refractivity contribution in [3.8, 4) is 0 Å². The molecule has 2 heterocycles. The molecule has 0 bridgehead atoms. The lowest BCUT2D eigenvalue weighted by Crippen LogP contribution is -2.27. The molecule has 0 aliphatic carbocycles. The Labute approximate surface area is 117 Å². The molecule has 0 saturated carbocycles. The SMILES string of the molecule is Cc1noc2ncc(C(=O)N(C)CCCCCO)cc12. The maximum Gasteiger partial charge on any atom is 0.257 e. The normalized spacial score (nSPS) is 10.9. The van der Waals surface area contributed by atoms with Gasteiger partial charge in [-0.3, -0.25) is 4.79 Å². The zero-order chi connectivity index (χ0) is 14.5. The molecule has 6 heteroatoms. The Morgan fingerprint density at radius 3 is 2.95 bits per heavy atom. The number of pyridine rings is 1. The Kier molecular flexibility index (Phi) is 4.68. The summed E-state index contributed by atoms with van der Waals surface area (Å²) in [6, 6.07) is 1.76. The van der Waals surface area contributed by atoms with Gasteiger partial charge in [-0.2, -0.15) is 0 Å². The number of rotatable bonds is 6. The number of carbonyl (C=O) groups excluding carboxylic acids is 1. The van der Waals surface area contributed by atoms with Gasteiger partial charge in [-0.05, 0) is 32.3 Å². The maximum absolute atomic E-state index is 12.3. The number of fused-ring (bicyclic) bond motifs is 1. The van der Waals surface area contributed by atoms with E-state index in [-0.39, 0.29) is 12.5 Å². The summed E-state index contributed by atoms with van der Waals surface area (Å²) in [6.45, 7) is 2.69. The van der Waals surface area contributed by atoms with Crippen LogP contribution in [0, 0.1) is 6.92 Å². The quantitative estimate of drug-likeness (QED) is 0.814. The average molecular weight is 277 g/mol. The highest BCUT2D eigenvalue weighted by Gasteiger charge is 2.14. The monoisotopic (exact) mass is 277 g/mol. The van der Waals surface area contributed by atoms with Crippen LogP contribution in [0.2, 0.25) is 0 Å². The molecule has 0 fully saturated rings. The van der Waals surface area contributed by atoms with Crippen LogP contribution in [0.3, 0.4) is 0 Å². The van der Waals surface area contributed by atoms with E-state index in [1.165, 1.54) is 6.20 Å². The van der Waals surface area contributed by atoms with E-state index in [9.17, 15) is 4.79 Å². The van der Waals surface area contributed by atoms with Gasteiger partial charge in [0.05, 0.1) is 16.6 Å². The van der Waals surface area contributed by atoms with E-state index >= 15 is 0 Å². The number of aryl methyl sites for hydroxylation is 1. The molecular weight excluding hydrogens is 258 g/mol. The largest absolute Gasteiger partial charge is 0.396 e. The standard InChI is InChI=1S/C14H19N3O3/c1-10-12-8-11(9-15-13(12)20-16-10)14(19)17(2)6-4-3-5-7-18/h8-9,18H,3-7H2,1-2H3. The average Bonchev–Trinajstić information content (AvgIpc) is 2.83. The summed E-state index contributed by atoms with van der Waals surface area (Å²) < 4.78 is 5.03. The van der Waals surface area contributed by atoms with E-state index in [2.05, 4.69) is 10.1 Å². The third kappa shape index (κ3) is 3.14. The Balaban J connectivity index is 2.04. The van der Waals surface area contributed by atoms with Crippen molar-refractivity contribution in [2.24, 2.45) is 0 Å².